The summed E-state index contributed by atoms with van der Waals surface area (Å²) in [6, 6.07) is 0. The molecule has 0 bridgehead atoms. The van der Waals surface area contributed by atoms with Gasteiger partial charge in [-0.3, -0.25) is 4.79 Å². The summed E-state index contributed by atoms with van der Waals surface area (Å²) in [5.41, 5.74) is 0.172. The van der Waals surface area contributed by atoms with Gasteiger partial charge in [-0.15, -0.1) is 0 Å². The number of amides is 1. The number of likely N-dealkylation sites (tertiary alicyclic amines) is 1. The maximum absolute atomic E-state index is 11.9. The van der Waals surface area contributed by atoms with Crippen LogP contribution >= 0.6 is 0 Å². The second-order valence-electron chi connectivity index (χ2n) is 6.12. The molecule has 1 saturated heterocycles. The maximum Gasteiger partial charge on any atom is 0.223 e. The summed E-state index contributed by atoms with van der Waals surface area (Å²) in [6.45, 7) is 11.1. The molecule has 0 aromatic carbocycles. The number of carbonyl (C=O) groups excluding carboxylic acids is 1. The van der Waals surface area contributed by atoms with Crippen LogP contribution in [0.2, 0.25) is 0 Å². The number of nitrogens with zero attached hydrogens (tertiary/aromatic N) is 1. The monoisotopic (exact) mass is 255 g/mol. The highest BCUT2D eigenvalue weighted by molar-refractivity contribution is 5.76. The SMILES string of the molecule is CC(C)(C)NCCNCCC(=O)N1CCCCC1. The molecule has 4 nitrogen and oxygen atoms in total. The van der Waals surface area contributed by atoms with Crippen molar-refractivity contribution in [2.75, 3.05) is 32.7 Å². The summed E-state index contributed by atoms with van der Waals surface area (Å²) in [4.78, 5) is 13.9. The Kier molecular flexibility index (Phi) is 6.65. The normalized spacial score (nSPS) is 16.9. The van der Waals surface area contributed by atoms with Gasteiger partial charge in [-0.25, -0.2) is 0 Å². The Morgan fingerprint density at radius 2 is 1.72 bits per heavy atom. The topological polar surface area (TPSA) is 44.4 Å². The van der Waals surface area contributed by atoms with Crippen LogP contribution in [0.15, 0.2) is 0 Å². The average Bonchev–Trinajstić information content (AvgIpc) is 2.33. The number of hydrogen-bond donors (Lipinski definition) is 2. The van der Waals surface area contributed by atoms with Crippen molar-refractivity contribution >= 4 is 5.91 Å². The van der Waals surface area contributed by atoms with E-state index in [1.54, 1.807) is 0 Å². The summed E-state index contributed by atoms with van der Waals surface area (Å²) >= 11 is 0. The summed E-state index contributed by atoms with van der Waals surface area (Å²) < 4.78 is 0. The molecule has 106 valence electrons. The molecule has 1 aliphatic rings. The van der Waals surface area contributed by atoms with Gasteiger partial charge < -0.3 is 15.5 Å². The van der Waals surface area contributed by atoms with Gasteiger partial charge in [-0.05, 0) is 40.0 Å². The first-order valence-electron chi connectivity index (χ1n) is 7.22. The highest BCUT2D eigenvalue weighted by Gasteiger charge is 2.15. The lowest BCUT2D eigenvalue weighted by Gasteiger charge is -2.26. The quantitative estimate of drug-likeness (QED) is 0.705. The molecule has 2 N–H and O–H groups in total. The van der Waals surface area contributed by atoms with Gasteiger partial charge in [0.2, 0.25) is 5.91 Å². The van der Waals surface area contributed by atoms with Gasteiger partial charge in [-0.2, -0.15) is 0 Å². The van der Waals surface area contributed by atoms with Gasteiger partial charge in [0.05, 0.1) is 0 Å². The van der Waals surface area contributed by atoms with Gasteiger partial charge in [0.1, 0.15) is 0 Å². The standard InChI is InChI=1S/C14H29N3O/c1-14(2,3)16-10-9-15-8-7-13(18)17-11-5-4-6-12-17/h15-16H,4-12H2,1-3H3. The van der Waals surface area contributed by atoms with E-state index in [4.69, 9.17) is 0 Å². The van der Waals surface area contributed by atoms with E-state index in [-0.39, 0.29) is 5.54 Å². The Bertz CT molecular complexity index is 242. The van der Waals surface area contributed by atoms with E-state index in [1.807, 2.05) is 4.90 Å². The molecule has 0 saturated carbocycles. The molecular formula is C14H29N3O. The fourth-order valence-electron chi connectivity index (χ4n) is 2.15. The van der Waals surface area contributed by atoms with Crippen molar-refractivity contribution < 1.29 is 4.79 Å². The van der Waals surface area contributed by atoms with Crippen LogP contribution in [-0.4, -0.2) is 49.1 Å². The van der Waals surface area contributed by atoms with Crippen molar-refractivity contribution in [2.45, 2.75) is 52.0 Å². The largest absolute Gasteiger partial charge is 0.343 e. The van der Waals surface area contributed by atoms with Gasteiger partial charge >= 0.3 is 0 Å². The van der Waals surface area contributed by atoms with Crippen LogP contribution in [0.3, 0.4) is 0 Å². The average molecular weight is 255 g/mol. The van der Waals surface area contributed by atoms with Crippen LogP contribution in [-0.2, 0) is 4.79 Å². The van der Waals surface area contributed by atoms with E-state index in [1.165, 1.54) is 19.3 Å². The van der Waals surface area contributed by atoms with E-state index in [9.17, 15) is 4.79 Å². The first kappa shape index (κ1) is 15.4. The summed E-state index contributed by atoms with van der Waals surface area (Å²) in [6.07, 6.45) is 4.26. The van der Waals surface area contributed by atoms with Gasteiger partial charge in [-0.1, -0.05) is 0 Å². The third-order valence-electron chi connectivity index (χ3n) is 3.18. The van der Waals surface area contributed by atoms with E-state index in [0.717, 1.165) is 32.7 Å². The lowest BCUT2D eigenvalue weighted by molar-refractivity contribution is -0.131. The number of carbonyl (C=O) groups is 1. The Hall–Kier alpha value is -0.610. The second kappa shape index (κ2) is 7.74. The Balaban J connectivity index is 1.98. The van der Waals surface area contributed by atoms with Crippen molar-refractivity contribution in [3.05, 3.63) is 0 Å². The first-order valence-corrected chi connectivity index (χ1v) is 7.22. The molecule has 0 aromatic heterocycles. The fraction of sp³-hybridized carbons (Fsp3) is 0.929. The van der Waals surface area contributed by atoms with E-state index in [0.29, 0.717) is 12.3 Å². The van der Waals surface area contributed by atoms with Crippen LogP contribution in [0.25, 0.3) is 0 Å². The zero-order valence-electron chi connectivity index (χ0n) is 12.2. The molecule has 1 rings (SSSR count). The highest BCUT2D eigenvalue weighted by Crippen LogP contribution is 2.09. The van der Waals surface area contributed by atoms with E-state index in [2.05, 4.69) is 31.4 Å². The highest BCUT2D eigenvalue weighted by atomic mass is 16.2. The Morgan fingerprint density at radius 1 is 1.06 bits per heavy atom. The number of nitrogens with one attached hydrogen (secondary N) is 2. The van der Waals surface area contributed by atoms with Gasteiger partial charge in [0.25, 0.3) is 0 Å². The minimum absolute atomic E-state index is 0.172. The van der Waals surface area contributed by atoms with Crippen molar-refractivity contribution in [3.8, 4) is 0 Å². The predicted octanol–water partition coefficient (Wildman–Crippen LogP) is 1.37. The van der Waals surface area contributed by atoms with Crippen molar-refractivity contribution in [1.29, 1.82) is 0 Å². The predicted molar refractivity (Wildman–Crippen MR) is 75.7 cm³/mol. The third-order valence-corrected chi connectivity index (χ3v) is 3.18. The van der Waals surface area contributed by atoms with E-state index >= 15 is 0 Å². The third kappa shape index (κ3) is 6.97. The van der Waals surface area contributed by atoms with Gasteiger partial charge in [0.15, 0.2) is 0 Å². The molecule has 1 amide bonds. The maximum atomic E-state index is 11.9. The van der Waals surface area contributed by atoms with Crippen molar-refractivity contribution in [3.63, 3.8) is 0 Å². The molecule has 4 heteroatoms. The number of hydrogen-bond acceptors (Lipinski definition) is 3. The van der Waals surface area contributed by atoms with Crippen LogP contribution < -0.4 is 10.6 Å². The lowest BCUT2D eigenvalue weighted by atomic mass is 10.1. The van der Waals surface area contributed by atoms with Crippen LogP contribution in [0, 0.1) is 0 Å². The molecule has 0 radical (unpaired) electrons. The summed E-state index contributed by atoms with van der Waals surface area (Å²) in [5, 5.41) is 6.73. The minimum atomic E-state index is 0.172. The first-order chi connectivity index (χ1) is 8.49. The molecule has 0 spiro atoms. The molecule has 1 fully saturated rings. The molecule has 1 heterocycles. The van der Waals surface area contributed by atoms with Gasteiger partial charge in [0, 0.05) is 44.7 Å². The molecule has 0 unspecified atom stereocenters. The van der Waals surface area contributed by atoms with Crippen molar-refractivity contribution in [1.82, 2.24) is 15.5 Å². The second-order valence-corrected chi connectivity index (χ2v) is 6.12. The van der Waals surface area contributed by atoms with Crippen LogP contribution in [0.1, 0.15) is 46.5 Å². The number of rotatable bonds is 6. The Labute approximate surface area is 111 Å². The molecule has 0 aliphatic carbocycles. The fourth-order valence-corrected chi connectivity index (χ4v) is 2.15. The minimum Gasteiger partial charge on any atom is -0.343 e. The molecular weight excluding hydrogens is 226 g/mol. The number of piperidine rings is 1. The van der Waals surface area contributed by atoms with Crippen LogP contribution in [0.4, 0.5) is 0 Å². The zero-order valence-corrected chi connectivity index (χ0v) is 12.2. The smallest absolute Gasteiger partial charge is 0.223 e. The summed E-state index contributed by atoms with van der Waals surface area (Å²) in [5.74, 6) is 0.311. The zero-order chi connectivity index (χ0) is 13.4. The Morgan fingerprint density at radius 3 is 2.33 bits per heavy atom. The molecule has 18 heavy (non-hydrogen) atoms. The van der Waals surface area contributed by atoms with Crippen LogP contribution in [0.5, 0.6) is 0 Å². The molecule has 0 atom stereocenters. The molecule has 0 aromatic rings. The molecule has 1 aliphatic heterocycles. The van der Waals surface area contributed by atoms with Crippen molar-refractivity contribution in [2.24, 2.45) is 0 Å². The lowest BCUT2D eigenvalue weighted by Crippen LogP contribution is -2.41. The van der Waals surface area contributed by atoms with E-state index < -0.39 is 0 Å². The summed E-state index contributed by atoms with van der Waals surface area (Å²) in [7, 11) is 0.